The Hall–Kier alpha value is -2.27. The van der Waals surface area contributed by atoms with Crippen LogP contribution in [-0.2, 0) is 16.6 Å². The van der Waals surface area contributed by atoms with Crippen molar-refractivity contribution in [3.05, 3.63) is 63.4 Å². The Balaban J connectivity index is 1.28. The SMILES string of the molecule is Cc1ccc(OCc2nc(C(=O)N3CCC(NS(=O)(=O)c4cccs4)CC3)cs2)cc1. The summed E-state index contributed by atoms with van der Waals surface area (Å²) in [6.45, 7) is 3.31. The van der Waals surface area contributed by atoms with Gasteiger partial charge in [-0.15, -0.1) is 22.7 Å². The topological polar surface area (TPSA) is 88.6 Å². The standard InChI is InChI=1S/C21H23N3O4S3/c1-15-4-6-17(7-5-15)28-13-19-22-18(14-30-19)21(25)24-10-8-16(9-11-24)23-31(26,27)20-3-2-12-29-20/h2-7,12,14,16,23H,8-11,13H2,1H3. The molecule has 10 heteroatoms. The van der Waals surface area contributed by atoms with Crippen LogP contribution in [0.1, 0.15) is 33.9 Å². The third kappa shape index (κ3) is 5.51. The molecule has 1 fully saturated rings. The Morgan fingerprint density at radius 3 is 2.61 bits per heavy atom. The van der Waals surface area contributed by atoms with Crippen LogP contribution in [0.4, 0.5) is 0 Å². The maximum atomic E-state index is 12.8. The zero-order valence-electron chi connectivity index (χ0n) is 17.0. The third-order valence-electron chi connectivity index (χ3n) is 5.02. The van der Waals surface area contributed by atoms with Crippen molar-refractivity contribution in [3.8, 4) is 5.75 Å². The van der Waals surface area contributed by atoms with Crippen molar-refractivity contribution in [1.29, 1.82) is 0 Å². The van der Waals surface area contributed by atoms with Crippen LogP contribution < -0.4 is 9.46 Å². The van der Waals surface area contributed by atoms with E-state index in [1.165, 1.54) is 22.7 Å². The van der Waals surface area contributed by atoms with Gasteiger partial charge in [0.15, 0.2) is 0 Å². The summed E-state index contributed by atoms with van der Waals surface area (Å²) in [6, 6.07) is 10.9. The molecule has 7 nitrogen and oxygen atoms in total. The quantitative estimate of drug-likeness (QED) is 0.561. The minimum Gasteiger partial charge on any atom is -0.486 e. The first-order chi connectivity index (χ1) is 14.9. The van der Waals surface area contributed by atoms with Crippen molar-refractivity contribution in [2.75, 3.05) is 13.1 Å². The number of sulfonamides is 1. The second-order valence-corrected chi connectivity index (χ2v) is 11.2. The lowest BCUT2D eigenvalue weighted by Gasteiger charge is -2.31. The number of ether oxygens (including phenoxy) is 1. The number of hydrogen-bond donors (Lipinski definition) is 1. The van der Waals surface area contributed by atoms with E-state index < -0.39 is 10.0 Å². The molecular weight excluding hydrogens is 454 g/mol. The molecule has 0 spiro atoms. The Bertz CT molecular complexity index is 1120. The van der Waals surface area contributed by atoms with Gasteiger partial charge in [-0.3, -0.25) is 4.79 Å². The van der Waals surface area contributed by atoms with Crippen molar-refractivity contribution in [2.45, 2.75) is 36.6 Å². The van der Waals surface area contributed by atoms with Gasteiger partial charge >= 0.3 is 0 Å². The summed E-state index contributed by atoms with van der Waals surface area (Å²) in [5.74, 6) is 0.637. The fraction of sp³-hybridized carbons (Fsp3) is 0.333. The third-order valence-corrected chi connectivity index (χ3v) is 8.76. The number of hydrogen-bond acceptors (Lipinski definition) is 7. The van der Waals surface area contributed by atoms with E-state index in [2.05, 4.69) is 9.71 Å². The smallest absolute Gasteiger partial charge is 0.273 e. The van der Waals surface area contributed by atoms with Gasteiger partial charge in [-0.05, 0) is 43.3 Å². The summed E-state index contributed by atoms with van der Waals surface area (Å²) < 4.78 is 33.6. The van der Waals surface area contributed by atoms with Crippen LogP contribution in [0.3, 0.4) is 0 Å². The van der Waals surface area contributed by atoms with Crippen LogP contribution in [0.15, 0.2) is 51.4 Å². The fourth-order valence-corrected chi connectivity index (χ4v) is 6.31. The number of likely N-dealkylation sites (tertiary alicyclic amines) is 1. The molecule has 31 heavy (non-hydrogen) atoms. The molecule has 0 saturated carbocycles. The van der Waals surface area contributed by atoms with Crippen LogP contribution in [-0.4, -0.2) is 43.3 Å². The summed E-state index contributed by atoms with van der Waals surface area (Å²) >= 11 is 2.59. The number of thiazole rings is 1. The van der Waals surface area contributed by atoms with Crippen LogP contribution in [0.5, 0.6) is 5.75 Å². The Morgan fingerprint density at radius 1 is 1.19 bits per heavy atom. The highest BCUT2D eigenvalue weighted by atomic mass is 32.2. The highest BCUT2D eigenvalue weighted by Crippen LogP contribution is 2.21. The minimum absolute atomic E-state index is 0.127. The summed E-state index contributed by atoms with van der Waals surface area (Å²) in [5, 5.41) is 4.23. The van der Waals surface area contributed by atoms with Crippen molar-refractivity contribution in [3.63, 3.8) is 0 Å². The Labute approximate surface area is 189 Å². The molecule has 1 amide bonds. The lowest BCUT2D eigenvalue weighted by molar-refractivity contribution is 0.0706. The Morgan fingerprint density at radius 2 is 1.94 bits per heavy atom. The van der Waals surface area contributed by atoms with E-state index in [-0.39, 0.29) is 11.9 Å². The van der Waals surface area contributed by atoms with E-state index in [9.17, 15) is 13.2 Å². The number of carbonyl (C=O) groups excluding carboxylic acids is 1. The first-order valence-corrected chi connectivity index (χ1v) is 13.1. The van der Waals surface area contributed by atoms with E-state index >= 15 is 0 Å². The number of rotatable bonds is 7. The second-order valence-electron chi connectivity index (χ2n) is 7.35. The highest BCUT2D eigenvalue weighted by molar-refractivity contribution is 7.91. The fourth-order valence-electron chi connectivity index (χ4n) is 3.31. The van der Waals surface area contributed by atoms with Gasteiger partial charge in [0.2, 0.25) is 10.0 Å². The van der Waals surface area contributed by atoms with E-state index in [4.69, 9.17) is 4.74 Å². The number of benzene rings is 1. The molecule has 1 aliphatic heterocycles. The first kappa shape index (κ1) is 21.9. The number of amides is 1. The molecule has 1 aromatic carbocycles. The van der Waals surface area contributed by atoms with Crippen molar-refractivity contribution < 1.29 is 17.9 Å². The number of nitrogens with zero attached hydrogens (tertiary/aromatic N) is 2. The first-order valence-electron chi connectivity index (χ1n) is 9.90. The van der Waals surface area contributed by atoms with E-state index in [1.54, 1.807) is 27.8 Å². The molecule has 2 aromatic heterocycles. The molecule has 0 unspecified atom stereocenters. The van der Waals surface area contributed by atoms with Gasteiger partial charge in [0.1, 0.15) is 27.3 Å². The highest BCUT2D eigenvalue weighted by Gasteiger charge is 2.28. The average Bonchev–Trinajstić information content (AvgIpc) is 3.46. The van der Waals surface area contributed by atoms with E-state index in [1.807, 2.05) is 31.2 Å². The van der Waals surface area contributed by atoms with E-state index in [0.29, 0.717) is 42.4 Å². The molecule has 3 heterocycles. The van der Waals surface area contributed by atoms with Crippen LogP contribution in [0.25, 0.3) is 0 Å². The lowest BCUT2D eigenvalue weighted by atomic mass is 10.1. The number of thiophene rings is 1. The zero-order chi connectivity index (χ0) is 21.8. The molecule has 0 radical (unpaired) electrons. The van der Waals surface area contributed by atoms with Crippen LogP contribution >= 0.6 is 22.7 Å². The van der Waals surface area contributed by atoms with Gasteiger partial charge in [-0.1, -0.05) is 23.8 Å². The largest absolute Gasteiger partial charge is 0.486 e. The predicted octanol–water partition coefficient (Wildman–Crippen LogP) is 3.68. The lowest BCUT2D eigenvalue weighted by Crippen LogP contribution is -2.46. The van der Waals surface area contributed by atoms with Crippen molar-refractivity contribution in [1.82, 2.24) is 14.6 Å². The van der Waals surface area contributed by atoms with Gasteiger partial charge in [-0.25, -0.2) is 18.1 Å². The maximum absolute atomic E-state index is 12.8. The zero-order valence-corrected chi connectivity index (χ0v) is 19.4. The number of carbonyl (C=O) groups is 1. The number of aryl methyl sites for hydroxylation is 1. The average molecular weight is 478 g/mol. The summed E-state index contributed by atoms with van der Waals surface area (Å²) in [4.78, 5) is 18.9. The van der Waals surface area contributed by atoms with Gasteiger partial charge in [-0.2, -0.15) is 0 Å². The van der Waals surface area contributed by atoms with Gasteiger partial charge in [0, 0.05) is 24.5 Å². The van der Waals surface area contributed by atoms with E-state index in [0.717, 1.165) is 16.3 Å². The van der Waals surface area contributed by atoms with Crippen LogP contribution in [0.2, 0.25) is 0 Å². The summed E-state index contributed by atoms with van der Waals surface area (Å²) in [6.07, 6.45) is 1.15. The minimum atomic E-state index is -3.49. The molecule has 164 valence electrons. The number of nitrogens with one attached hydrogen (secondary N) is 1. The molecule has 1 aliphatic rings. The predicted molar refractivity (Wildman–Crippen MR) is 121 cm³/mol. The summed E-state index contributed by atoms with van der Waals surface area (Å²) in [5.41, 5.74) is 1.57. The maximum Gasteiger partial charge on any atom is 0.273 e. The number of aromatic nitrogens is 1. The van der Waals surface area contributed by atoms with Gasteiger partial charge in [0.05, 0.1) is 0 Å². The molecule has 0 atom stereocenters. The van der Waals surface area contributed by atoms with Gasteiger partial charge in [0.25, 0.3) is 5.91 Å². The molecule has 1 saturated heterocycles. The van der Waals surface area contributed by atoms with Crippen LogP contribution in [0, 0.1) is 6.92 Å². The number of piperidine rings is 1. The molecule has 0 bridgehead atoms. The Kier molecular flexibility index (Phi) is 6.71. The molecule has 0 aliphatic carbocycles. The normalized spacial score (nSPS) is 15.2. The molecule has 1 N–H and O–H groups in total. The van der Waals surface area contributed by atoms with Crippen molar-refractivity contribution >= 4 is 38.6 Å². The van der Waals surface area contributed by atoms with Crippen molar-refractivity contribution in [2.24, 2.45) is 0 Å². The molecule has 3 aromatic rings. The second kappa shape index (κ2) is 9.47. The molecule has 4 rings (SSSR count). The molecular formula is C21H23N3O4S3. The summed E-state index contributed by atoms with van der Waals surface area (Å²) in [7, 11) is -3.49. The monoisotopic (exact) mass is 477 g/mol. The van der Waals surface area contributed by atoms with Gasteiger partial charge < -0.3 is 9.64 Å².